The molecule has 0 spiro atoms. The second-order valence-electron chi connectivity index (χ2n) is 4.68. The van der Waals surface area contributed by atoms with Gasteiger partial charge >= 0.3 is 11.8 Å². The fourth-order valence-electron chi connectivity index (χ4n) is 1.86. The first kappa shape index (κ1) is 16.2. The van der Waals surface area contributed by atoms with Gasteiger partial charge in [0.1, 0.15) is 5.82 Å². The van der Waals surface area contributed by atoms with Crippen molar-refractivity contribution in [2.75, 3.05) is 5.32 Å². The van der Waals surface area contributed by atoms with Crippen LogP contribution >= 0.6 is 15.9 Å². The Bertz CT molecular complexity index is 692. The molecule has 0 aromatic heterocycles. The third-order valence-corrected chi connectivity index (χ3v) is 3.53. The molecule has 2 amide bonds. The van der Waals surface area contributed by atoms with E-state index in [1.54, 1.807) is 13.0 Å². The Morgan fingerprint density at radius 1 is 1.09 bits per heavy atom. The first-order chi connectivity index (χ1) is 10.5. The number of rotatable bonds is 3. The molecule has 0 aliphatic heterocycles. The van der Waals surface area contributed by atoms with Crippen LogP contribution in [0.4, 0.5) is 10.1 Å². The van der Waals surface area contributed by atoms with Crippen LogP contribution in [-0.4, -0.2) is 11.8 Å². The van der Waals surface area contributed by atoms with E-state index in [4.69, 9.17) is 0 Å². The van der Waals surface area contributed by atoms with E-state index < -0.39 is 17.6 Å². The molecule has 114 valence electrons. The molecular formula is C16H14BrFN2O2. The number of carbonyl (C=O) groups excluding carboxylic acids is 2. The minimum absolute atomic E-state index is 0.0456. The Kier molecular flexibility index (Phi) is 5.27. The van der Waals surface area contributed by atoms with Gasteiger partial charge in [0.25, 0.3) is 0 Å². The molecule has 2 aromatic rings. The van der Waals surface area contributed by atoms with Crippen molar-refractivity contribution in [1.29, 1.82) is 0 Å². The van der Waals surface area contributed by atoms with Gasteiger partial charge in [0, 0.05) is 4.47 Å². The number of carbonyl (C=O) groups is 2. The Labute approximate surface area is 135 Å². The fourth-order valence-corrected chi connectivity index (χ4v) is 2.19. The predicted molar refractivity (Wildman–Crippen MR) is 85.7 cm³/mol. The molecule has 0 bridgehead atoms. The van der Waals surface area contributed by atoms with Crippen LogP contribution in [-0.2, 0) is 9.59 Å². The molecule has 6 heteroatoms. The maximum absolute atomic E-state index is 13.6. The van der Waals surface area contributed by atoms with E-state index in [0.717, 1.165) is 5.56 Å². The largest absolute Gasteiger partial charge is 0.341 e. The molecule has 2 N–H and O–H groups in total. The number of nitrogens with one attached hydrogen (secondary N) is 2. The molecule has 22 heavy (non-hydrogen) atoms. The Morgan fingerprint density at radius 3 is 2.41 bits per heavy atom. The number of benzene rings is 2. The van der Waals surface area contributed by atoms with E-state index in [-0.39, 0.29) is 11.7 Å². The average Bonchev–Trinajstić information content (AvgIpc) is 2.50. The molecule has 0 aliphatic rings. The van der Waals surface area contributed by atoms with Gasteiger partial charge in [0.2, 0.25) is 0 Å². The number of halogens is 2. The second kappa shape index (κ2) is 7.17. The molecular weight excluding hydrogens is 351 g/mol. The van der Waals surface area contributed by atoms with Crippen LogP contribution in [0.15, 0.2) is 53.0 Å². The smallest absolute Gasteiger partial charge is 0.313 e. The van der Waals surface area contributed by atoms with Gasteiger partial charge in [0.15, 0.2) is 0 Å². The van der Waals surface area contributed by atoms with Crippen molar-refractivity contribution in [3.8, 4) is 0 Å². The number of amides is 2. The molecule has 2 aromatic carbocycles. The number of hydrogen-bond acceptors (Lipinski definition) is 2. The topological polar surface area (TPSA) is 58.2 Å². The summed E-state index contributed by atoms with van der Waals surface area (Å²) in [6.45, 7) is 1.76. The maximum atomic E-state index is 13.6. The van der Waals surface area contributed by atoms with E-state index in [1.807, 2.05) is 30.3 Å². The summed E-state index contributed by atoms with van der Waals surface area (Å²) in [5.41, 5.74) is 0.828. The molecule has 1 atom stereocenters. The van der Waals surface area contributed by atoms with E-state index in [9.17, 15) is 14.0 Å². The fraction of sp³-hybridized carbons (Fsp3) is 0.125. The molecule has 0 heterocycles. The minimum atomic E-state index is -0.913. The van der Waals surface area contributed by atoms with Crippen LogP contribution in [0, 0.1) is 5.82 Å². The SMILES string of the molecule is C[C@@H](NC(=O)C(=O)Nc1ccc(Br)cc1F)c1ccccc1. The van der Waals surface area contributed by atoms with Crippen molar-refractivity contribution in [3.05, 3.63) is 64.4 Å². The van der Waals surface area contributed by atoms with Gasteiger partial charge in [-0.1, -0.05) is 46.3 Å². The maximum Gasteiger partial charge on any atom is 0.313 e. The highest BCUT2D eigenvalue weighted by Crippen LogP contribution is 2.19. The summed E-state index contributed by atoms with van der Waals surface area (Å²) in [5, 5.41) is 4.81. The Balaban J connectivity index is 1.99. The third kappa shape index (κ3) is 4.14. The molecule has 0 saturated carbocycles. The van der Waals surface area contributed by atoms with Crippen LogP contribution in [0.25, 0.3) is 0 Å². The summed E-state index contributed by atoms with van der Waals surface area (Å²) in [7, 11) is 0. The van der Waals surface area contributed by atoms with Gasteiger partial charge in [-0.05, 0) is 30.7 Å². The van der Waals surface area contributed by atoms with Crippen LogP contribution in [0.1, 0.15) is 18.5 Å². The third-order valence-electron chi connectivity index (χ3n) is 3.03. The highest BCUT2D eigenvalue weighted by atomic mass is 79.9. The summed E-state index contributed by atoms with van der Waals surface area (Å²) in [4.78, 5) is 23.7. The van der Waals surface area contributed by atoms with Crippen molar-refractivity contribution < 1.29 is 14.0 Å². The summed E-state index contributed by atoms with van der Waals surface area (Å²) in [6.07, 6.45) is 0. The Morgan fingerprint density at radius 2 is 1.77 bits per heavy atom. The van der Waals surface area contributed by atoms with Gasteiger partial charge in [-0.15, -0.1) is 0 Å². The van der Waals surface area contributed by atoms with Crippen LogP contribution in [0.2, 0.25) is 0 Å². The summed E-state index contributed by atoms with van der Waals surface area (Å²) in [5.74, 6) is -2.35. The standard InChI is InChI=1S/C16H14BrFN2O2/c1-10(11-5-3-2-4-6-11)19-15(21)16(22)20-14-8-7-12(17)9-13(14)18/h2-10H,1H3,(H,19,21)(H,20,22)/t10-/m1/s1. The first-order valence-electron chi connectivity index (χ1n) is 6.59. The van der Waals surface area contributed by atoms with Crippen molar-refractivity contribution >= 4 is 33.4 Å². The number of anilines is 1. The van der Waals surface area contributed by atoms with Crippen molar-refractivity contribution in [1.82, 2.24) is 5.32 Å². The summed E-state index contributed by atoms with van der Waals surface area (Å²) < 4.78 is 14.2. The average molecular weight is 365 g/mol. The zero-order valence-electron chi connectivity index (χ0n) is 11.8. The van der Waals surface area contributed by atoms with E-state index in [1.165, 1.54) is 12.1 Å². The summed E-state index contributed by atoms with van der Waals surface area (Å²) >= 11 is 3.12. The molecule has 2 rings (SSSR count). The van der Waals surface area contributed by atoms with Crippen molar-refractivity contribution in [3.63, 3.8) is 0 Å². The predicted octanol–water partition coefficient (Wildman–Crippen LogP) is 3.40. The zero-order chi connectivity index (χ0) is 16.1. The quantitative estimate of drug-likeness (QED) is 0.820. The van der Waals surface area contributed by atoms with Crippen LogP contribution in [0.5, 0.6) is 0 Å². The normalized spacial score (nSPS) is 11.6. The first-order valence-corrected chi connectivity index (χ1v) is 7.38. The van der Waals surface area contributed by atoms with Gasteiger partial charge in [-0.25, -0.2) is 4.39 Å². The van der Waals surface area contributed by atoms with Crippen molar-refractivity contribution in [2.45, 2.75) is 13.0 Å². The molecule has 0 saturated heterocycles. The van der Waals surface area contributed by atoms with Gasteiger partial charge < -0.3 is 10.6 Å². The van der Waals surface area contributed by atoms with E-state index in [0.29, 0.717) is 4.47 Å². The molecule has 0 unspecified atom stereocenters. The van der Waals surface area contributed by atoms with E-state index >= 15 is 0 Å². The highest BCUT2D eigenvalue weighted by Gasteiger charge is 2.18. The zero-order valence-corrected chi connectivity index (χ0v) is 13.4. The van der Waals surface area contributed by atoms with Gasteiger partial charge in [-0.3, -0.25) is 9.59 Å². The number of hydrogen-bond donors (Lipinski definition) is 2. The monoisotopic (exact) mass is 364 g/mol. The lowest BCUT2D eigenvalue weighted by atomic mass is 10.1. The lowest BCUT2D eigenvalue weighted by Gasteiger charge is -2.14. The molecule has 0 radical (unpaired) electrons. The van der Waals surface area contributed by atoms with E-state index in [2.05, 4.69) is 26.6 Å². The van der Waals surface area contributed by atoms with Crippen LogP contribution in [0.3, 0.4) is 0 Å². The highest BCUT2D eigenvalue weighted by molar-refractivity contribution is 9.10. The van der Waals surface area contributed by atoms with Gasteiger partial charge in [-0.2, -0.15) is 0 Å². The second-order valence-corrected chi connectivity index (χ2v) is 5.60. The molecule has 0 aliphatic carbocycles. The van der Waals surface area contributed by atoms with Gasteiger partial charge in [0.05, 0.1) is 11.7 Å². The minimum Gasteiger partial charge on any atom is -0.341 e. The Hall–Kier alpha value is -2.21. The molecule has 0 fully saturated rings. The molecule has 4 nitrogen and oxygen atoms in total. The lowest BCUT2D eigenvalue weighted by molar-refractivity contribution is -0.136. The summed E-state index contributed by atoms with van der Waals surface area (Å²) in [6, 6.07) is 13.1. The lowest BCUT2D eigenvalue weighted by Crippen LogP contribution is -2.37. The van der Waals surface area contributed by atoms with Crippen LogP contribution < -0.4 is 10.6 Å². The van der Waals surface area contributed by atoms with Crippen molar-refractivity contribution in [2.24, 2.45) is 0 Å².